The van der Waals surface area contributed by atoms with Crippen LogP contribution in [0.3, 0.4) is 0 Å². The van der Waals surface area contributed by atoms with Crippen LogP contribution in [-0.4, -0.2) is 24.0 Å². The van der Waals surface area contributed by atoms with Crippen molar-refractivity contribution < 1.29 is 4.79 Å². The van der Waals surface area contributed by atoms with Crippen LogP contribution in [0.4, 0.5) is 0 Å². The third kappa shape index (κ3) is 4.15. The molecule has 1 aromatic rings. The minimum atomic E-state index is -0.121. The summed E-state index contributed by atoms with van der Waals surface area (Å²) in [4.78, 5) is 11.8. The molecule has 1 fully saturated rings. The molecule has 0 aromatic heterocycles. The summed E-state index contributed by atoms with van der Waals surface area (Å²) >= 11 is 0. The second kappa shape index (κ2) is 6.01. The molecule has 98 valence electrons. The van der Waals surface area contributed by atoms with Crippen molar-refractivity contribution in [3.8, 4) is 0 Å². The highest BCUT2D eigenvalue weighted by Crippen LogP contribution is 2.18. The monoisotopic (exact) mass is 246 g/mol. The van der Waals surface area contributed by atoms with Crippen molar-refractivity contribution in [2.24, 2.45) is 0 Å². The van der Waals surface area contributed by atoms with E-state index in [0.29, 0.717) is 12.1 Å². The quantitative estimate of drug-likeness (QED) is 0.804. The molecule has 1 aromatic carbocycles. The van der Waals surface area contributed by atoms with Gasteiger partial charge in [-0.1, -0.05) is 30.3 Å². The Balaban J connectivity index is 1.75. The van der Waals surface area contributed by atoms with Crippen LogP contribution in [0, 0.1) is 0 Å². The molecule has 0 saturated heterocycles. The van der Waals surface area contributed by atoms with E-state index in [0.717, 1.165) is 19.3 Å². The standard InChI is InChI=1S/C15H22N2O/c1-11(10-13-6-4-3-5-7-13)16-12(2)15(18)17-14-8-9-14/h3-7,11-12,14,16H,8-10H2,1-2H3,(H,17,18). The number of amides is 1. The van der Waals surface area contributed by atoms with Gasteiger partial charge in [-0.2, -0.15) is 0 Å². The second-order valence-corrected chi connectivity index (χ2v) is 5.26. The van der Waals surface area contributed by atoms with Crippen molar-refractivity contribution in [1.29, 1.82) is 0 Å². The van der Waals surface area contributed by atoms with Crippen LogP contribution in [0.25, 0.3) is 0 Å². The molecule has 3 nitrogen and oxygen atoms in total. The van der Waals surface area contributed by atoms with Gasteiger partial charge in [0.1, 0.15) is 0 Å². The van der Waals surface area contributed by atoms with Crippen molar-refractivity contribution in [2.75, 3.05) is 0 Å². The van der Waals surface area contributed by atoms with Gasteiger partial charge in [-0.05, 0) is 38.7 Å². The zero-order valence-corrected chi connectivity index (χ0v) is 11.1. The minimum Gasteiger partial charge on any atom is -0.352 e. The minimum absolute atomic E-state index is 0.121. The highest BCUT2D eigenvalue weighted by atomic mass is 16.2. The van der Waals surface area contributed by atoms with Crippen LogP contribution in [-0.2, 0) is 11.2 Å². The third-order valence-corrected chi connectivity index (χ3v) is 3.24. The van der Waals surface area contributed by atoms with Crippen molar-refractivity contribution in [3.05, 3.63) is 35.9 Å². The van der Waals surface area contributed by atoms with Crippen LogP contribution in [0.5, 0.6) is 0 Å². The third-order valence-electron chi connectivity index (χ3n) is 3.24. The lowest BCUT2D eigenvalue weighted by Crippen LogP contribution is -2.46. The number of hydrogen-bond acceptors (Lipinski definition) is 2. The fourth-order valence-corrected chi connectivity index (χ4v) is 2.08. The summed E-state index contributed by atoms with van der Waals surface area (Å²) in [5, 5.41) is 6.37. The van der Waals surface area contributed by atoms with E-state index >= 15 is 0 Å². The largest absolute Gasteiger partial charge is 0.352 e. The topological polar surface area (TPSA) is 41.1 Å². The average Bonchev–Trinajstić information content (AvgIpc) is 3.14. The maximum Gasteiger partial charge on any atom is 0.237 e. The van der Waals surface area contributed by atoms with Crippen LogP contribution in [0.15, 0.2) is 30.3 Å². The molecule has 2 unspecified atom stereocenters. The predicted octanol–water partition coefficient (Wildman–Crippen LogP) is 1.87. The Morgan fingerprint density at radius 2 is 1.94 bits per heavy atom. The maximum atomic E-state index is 11.8. The Morgan fingerprint density at radius 3 is 2.56 bits per heavy atom. The van der Waals surface area contributed by atoms with Crippen LogP contribution >= 0.6 is 0 Å². The molecular weight excluding hydrogens is 224 g/mol. The molecule has 0 heterocycles. The maximum absolute atomic E-state index is 11.8. The van der Waals surface area contributed by atoms with Gasteiger partial charge in [0.25, 0.3) is 0 Å². The van der Waals surface area contributed by atoms with Gasteiger partial charge in [0.15, 0.2) is 0 Å². The summed E-state index contributed by atoms with van der Waals surface area (Å²) < 4.78 is 0. The van der Waals surface area contributed by atoms with Gasteiger partial charge < -0.3 is 10.6 Å². The Morgan fingerprint density at radius 1 is 1.28 bits per heavy atom. The molecule has 2 rings (SSSR count). The molecule has 1 aliphatic rings. The number of nitrogens with one attached hydrogen (secondary N) is 2. The van der Waals surface area contributed by atoms with E-state index in [9.17, 15) is 4.79 Å². The number of benzene rings is 1. The van der Waals surface area contributed by atoms with E-state index in [1.54, 1.807) is 0 Å². The molecule has 0 aliphatic heterocycles. The van der Waals surface area contributed by atoms with Gasteiger partial charge in [0.2, 0.25) is 5.91 Å². The zero-order valence-electron chi connectivity index (χ0n) is 11.1. The Kier molecular flexibility index (Phi) is 4.37. The lowest BCUT2D eigenvalue weighted by atomic mass is 10.1. The van der Waals surface area contributed by atoms with E-state index in [1.807, 2.05) is 25.1 Å². The number of hydrogen-bond donors (Lipinski definition) is 2. The first kappa shape index (κ1) is 13.1. The zero-order chi connectivity index (χ0) is 13.0. The summed E-state index contributed by atoms with van der Waals surface area (Å²) in [7, 11) is 0. The number of rotatable bonds is 6. The molecule has 0 bridgehead atoms. The van der Waals surface area contributed by atoms with Crippen LogP contribution < -0.4 is 10.6 Å². The summed E-state index contributed by atoms with van der Waals surface area (Å²) in [5.41, 5.74) is 1.30. The summed E-state index contributed by atoms with van der Waals surface area (Å²) in [6.45, 7) is 4.05. The molecule has 2 atom stereocenters. The van der Waals surface area contributed by atoms with E-state index in [4.69, 9.17) is 0 Å². The summed E-state index contributed by atoms with van der Waals surface area (Å²) in [6.07, 6.45) is 3.22. The summed E-state index contributed by atoms with van der Waals surface area (Å²) in [5.74, 6) is 0.123. The molecule has 0 radical (unpaired) electrons. The van der Waals surface area contributed by atoms with E-state index in [2.05, 4.69) is 29.7 Å². The average molecular weight is 246 g/mol. The first-order chi connectivity index (χ1) is 8.65. The molecule has 1 amide bonds. The fraction of sp³-hybridized carbons (Fsp3) is 0.533. The van der Waals surface area contributed by atoms with Gasteiger partial charge in [-0.25, -0.2) is 0 Å². The Bertz CT molecular complexity index is 387. The molecule has 0 spiro atoms. The van der Waals surface area contributed by atoms with Gasteiger partial charge >= 0.3 is 0 Å². The number of carbonyl (C=O) groups is 1. The van der Waals surface area contributed by atoms with Gasteiger partial charge in [0.05, 0.1) is 6.04 Å². The molecule has 1 saturated carbocycles. The molecule has 18 heavy (non-hydrogen) atoms. The van der Waals surface area contributed by atoms with Crippen molar-refractivity contribution >= 4 is 5.91 Å². The van der Waals surface area contributed by atoms with Crippen LogP contribution in [0.1, 0.15) is 32.3 Å². The first-order valence-corrected chi connectivity index (χ1v) is 6.75. The van der Waals surface area contributed by atoms with Gasteiger partial charge in [-0.15, -0.1) is 0 Å². The highest BCUT2D eigenvalue weighted by Gasteiger charge is 2.25. The lowest BCUT2D eigenvalue weighted by molar-refractivity contribution is -0.123. The normalized spacial score (nSPS) is 18.1. The smallest absolute Gasteiger partial charge is 0.237 e. The Hall–Kier alpha value is -1.35. The predicted molar refractivity (Wildman–Crippen MR) is 73.4 cm³/mol. The summed E-state index contributed by atoms with van der Waals surface area (Å²) in [6, 6.07) is 11.0. The fourth-order valence-electron chi connectivity index (χ4n) is 2.08. The van der Waals surface area contributed by atoms with Gasteiger partial charge in [-0.3, -0.25) is 4.79 Å². The molecule has 1 aliphatic carbocycles. The van der Waals surface area contributed by atoms with Crippen molar-refractivity contribution in [1.82, 2.24) is 10.6 Å². The molecule has 3 heteroatoms. The molecule has 2 N–H and O–H groups in total. The SMILES string of the molecule is CC(Cc1ccccc1)NC(C)C(=O)NC1CC1. The van der Waals surface area contributed by atoms with E-state index in [1.165, 1.54) is 5.56 Å². The number of carbonyl (C=O) groups excluding carboxylic acids is 1. The highest BCUT2D eigenvalue weighted by molar-refractivity contribution is 5.81. The second-order valence-electron chi connectivity index (χ2n) is 5.26. The van der Waals surface area contributed by atoms with Crippen molar-refractivity contribution in [3.63, 3.8) is 0 Å². The lowest BCUT2D eigenvalue weighted by Gasteiger charge is -2.19. The van der Waals surface area contributed by atoms with Crippen LogP contribution in [0.2, 0.25) is 0 Å². The first-order valence-electron chi connectivity index (χ1n) is 6.75. The Labute approximate surface area is 109 Å². The van der Waals surface area contributed by atoms with Crippen molar-refractivity contribution in [2.45, 2.75) is 51.2 Å². The van der Waals surface area contributed by atoms with E-state index in [-0.39, 0.29) is 11.9 Å². The van der Waals surface area contributed by atoms with Gasteiger partial charge in [0, 0.05) is 12.1 Å². The molecular formula is C15H22N2O. The van der Waals surface area contributed by atoms with E-state index < -0.39 is 0 Å².